The molecule has 1 amide bonds. The Morgan fingerprint density at radius 1 is 1.16 bits per heavy atom. The Bertz CT molecular complexity index is 780. The van der Waals surface area contributed by atoms with Gasteiger partial charge in [-0.25, -0.2) is 0 Å². The Labute approximate surface area is 165 Å². The highest BCUT2D eigenvalue weighted by molar-refractivity contribution is 9.11. The van der Waals surface area contributed by atoms with E-state index in [0.29, 0.717) is 6.54 Å². The molecule has 1 atom stereocenters. The van der Waals surface area contributed by atoms with E-state index in [0.717, 1.165) is 39.7 Å². The van der Waals surface area contributed by atoms with Gasteiger partial charge in [-0.15, -0.1) is 0 Å². The lowest BCUT2D eigenvalue weighted by atomic mass is 10.00. The third-order valence-electron chi connectivity index (χ3n) is 4.39. The van der Waals surface area contributed by atoms with E-state index in [1.165, 1.54) is 16.0 Å². The average molecular weight is 465 g/mol. The number of rotatable bonds is 4. The molecule has 0 saturated carbocycles. The van der Waals surface area contributed by atoms with Crippen molar-refractivity contribution in [2.45, 2.75) is 13.3 Å². The number of carbonyl (C=O) groups excluding carboxylic acids is 1. The van der Waals surface area contributed by atoms with E-state index in [9.17, 15) is 4.79 Å². The number of nitrogens with one attached hydrogen (secondary N) is 2. The molecule has 1 heterocycles. The van der Waals surface area contributed by atoms with Gasteiger partial charge in [0.2, 0.25) is 0 Å². The molecule has 0 fully saturated rings. The number of benzene rings is 2. The third-order valence-corrected chi connectivity index (χ3v) is 5.64. The van der Waals surface area contributed by atoms with E-state index < -0.39 is 0 Å². The van der Waals surface area contributed by atoms with Crippen LogP contribution in [0.2, 0.25) is 0 Å². The summed E-state index contributed by atoms with van der Waals surface area (Å²) in [6.07, 6.45) is 3.27. The van der Waals surface area contributed by atoms with E-state index in [1.54, 1.807) is 0 Å². The van der Waals surface area contributed by atoms with Crippen LogP contribution >= 0.6 is 31.9 Å². The highest BCUT2D eigenvalue weighted by atomic mass is 79.9. The molecule has 1 aliphatic heterocycles. The van der Waals surface area contributed by atoms with Crippen LogP contribution in [-0.2, 0) is 4.79 Å². The topological polar surface area (TPSA) is 33.5 Å². The smallest absolute Gasteiger partial charge is 0.279 e. The Kier molecular flexibility index (Phi) is 6.10. The van der Waals surface area contributed by atoms with Crippen molar-refractivity contribution < 1.29 is 9.69 Å². The third kappa shape index (κ3) is 4.81. The number of halogens is 2. The number of hydrogen-bond donors (Lipinski definition) is 2. The van der Waals surface area contributed by atoms with Gasteiger partial charge in [0.1, 0.15) is 0 Å². The summed E-state index contributed by atoms with van der Waals surface area (Å²) >= 11 is 7.05. The van der Waals surface area contributed by atoms with Gasteiger partial charge in [0, 0.05) is 15.4 Å². The largest absolute Gasteiger partial charge is 0.324 e. The molecule has 3 nitrogen and oxygen atoms in total. The maximum absolute atomic E-state index is 12.4. The van der Waals surface area contributed by atoms with E-state index in [4.69, 9.17) is 0 Å². The summed E-state index contributed by atoms with van der Waals surface area (Å²) in [6, 6.07) is 14.5. The maximum Gasteiger partial charge on any atom is 0.279 e. The van der Waals surface area contributed by atoms with Crippen molar-refractivity contribution in [3.8, 4) is 0 Å². The fraction of sp³-hybridized carbons (Fsp3) is 0.250. The van der Waals surface area contributed by atoms with E-state index in [1.807, 2.05) is 25.1 Å². The predicted molar refractivity (Wildman–Crippen MR) is 110 cm³/mol. The number of quaternary nitrogens is 1. The number of carbonyl (C=O) groups is 1. The zero-order valence-electron chi connectivity index (χ0n) is 14.1. The molecule has 2 N–H and O–H groups in total. The summed E-state index contributed by atoms with van der Waals surface area (Å²) in [5.41, 5.74) is 4.61. The number of hydrogen-bond acceptors (Lipinski definition) is 1. The zero-order valence-corrected chi connectivity index (χ0v) is 17.3. The predicted octanol–water partition coefficient (Wildman–Crippen LogP) is 3.83. The molecule has 25 heavy (non-hydrogen) atoms. The SMILES string of the molecule is Cc1cc(Br)c(NC(=O)C[NH+]2CC=C(c3ccccc3)CC2)c(Br)c1. The van der Waals surface area contributed by atoms with Crippen LogP contribution in [0.4, 0.5) is 5.69 Å². The second-order valence-electron chi connectivity index (χ2n) is 6.38. The molecular weight excluding hydrogens is 444 g/mol. The molecule has 0 spiro atoms. The lowest BCUT2D eigenvalue weighted by Gasteiger charge is -2.23. The minimum absolute atomic E-state index is 0.0387. The van der Waals surface area contributed by atoms with Crippen molar-refractivity contribution in [2.75, 3.05) is 25.0 Å². The monoisotopic (exact) mass is 463 g/mol. The minimum Gasteiger partial charge on any atom is -0.324 e. The maximum atomic E-state index is 12.4. The van der Waals surface area contributed by atoms with Crippen molar-refractivity contribution in [3.63, 3.8) is 0 Å². The van der Waals surface area contributed by atoms with Crippen molar-refractivity contribution in [2.24, 2.45) is 0 Å². The van der Waals surface area contributed by atoms with E-state index in [2.05, 4.69) is 67.5 Å². The van der Waals surface area contributed by atoms with Gasteiger partial charge >= 0.3 is 0 Å². The van der Waals surface area contributed by atoms with Gasteiger partial charge in [-0.1, -0.05) is 30.3 Å². The number of amides is 1. The highest BCUT2D eigenvalue weighted by Gasteiger charge is 2.20. The zero-order chi connectivity index (χ0) is 17.8. The second kappa shape index (κ2) is 8.30. The lowest BCUT2D eigenvalue weighted by molar-refractivity contribution is -0.886. The molecule has 0 saturated heterocycles. The molecular formula is C20H21Br2N2O+. The first-order chi connectivity index (χ1) is 12.0. The Balaban J connectivity index is 1.59. The van der Waals surface area contributed by atoms with Gasteiger partial charge in [-0.05, 0) is 73.7 Å². The molecule has 1 unspecified atom stereocenters. The van der Waals surface area contributed by atoms with E-state index >= 15 is 0 Å². The van der Waals surface area contributed by atoms with Gasteiger partial charge in [0.25, 0.3) is 5.91 Å². The Morgan fingerprint density at radius 2 is 1.84 bits per heavy atom. The molecule has 2 aromatic rings. The van der Waals surface area contributed by atoms with Gasteiger partial charge in [0.15, 0.2) is 6.54 Å². The molecule has 3 rings (SSSR count). The first-order valence-electron chi connectivity index (χ1n) is 8.36. The average Bonchev–Trinajstić information content (AvgIpc) is 2.59. The molecule has 1 aliphatic rings. The van der Waals surface area contributed by atoms with Crippen LogP contribution in [0.1, 0.15) is 17.5 Å². The highest BCUT2D eigenvalue weighted by Crippen LogP contribution is 2.32. The standard InChI is InChI=1S/C20H20Br2N2O/c1-14-11-17(21)20(18(22)12-14)23-19(25)13-24-9-7-16(8-10-24)15-5-3-2-4-6-15/h2-7,11-12H,8-10,13H2,1H3,(H,23,25)/p+1. The van der Waals surface area contributed by atoms with Gasteiger partial charge in [0.05, 0.1) is 18.8 Å². The summed E-state index contributed by atoms with van der Waals surface area (Å²) in [7, 11) is 0. The second-order valence-corrected chi connectivity index (χ2v) is 8.09. The molecule has 0 aliphatic carbocycles. The molecule has 0 bridgehead atoms. The van der Waals surface area contributed by atoms with Crippen molar-refractivity contribution in [1.82, 2.24) is 0 Å². The van der Waals surface area contributed by atoms with Gasteiger partial charge < -0.3 is 10.2 Å². The molecule has 0 aromatic heterocycles. The van der Waals surface area contributed by atoms with Crippen LogP contribution in [0, 0.1) is 6.92 Å². The molecule has 0 radical (unpaired) electrons. The quantitative estimate of drug-likeness (QED) is 0.708. The van der Waals surface area contributed by atoms with Crippen molar-refractivity contribution in [3.05, 3.63) is 68.6 Å². The lowest BCUT2D eigenvalue weighted by Crippen LogP contribution is -3.13. The van der Waals surface area contributed by atoms with Crippen LogP contribution in [-0.4, -0.2) is 25.5 Å². The Morgan fingerprint density at radius 3 is 2.44 bits per heavy atom. The summed E-state index contributed by atoms with van der Waals surface area (Å²) in [5.74, 6) is 0.0387. The molecule has 5 heteroatoms. The van der Waals surface area contributed by atoms with Crippen molar-refractivity contribution in [1.29, 1.82) is 0 Å². The fourth-order valence-electron chi connectivity index (χ4n) is 3.09. The first kappa shape index (κ1) is 18.4. The molecule has 130 valence electrons. The van der Waals surface area contributed by atoms with Crippen LogP contribution < -0.4 is 10.2 Å². The fourth-order valence-corrected chi connectivity index (χ4v) is 4.70. The number of anilines is 1. The normalized spacial score (nSPS) is 17.1. The number of aryl methyl sites for hydroxylation is 1. The van der Waals surface area contributed by atoms with Gasteiger partial charge in [-0.3, -0.25) is 4.79 Å². The molecule has 2 aromatic carbocycles. The summed E-state index contributed by atoms with van der Waals surface area (Å²) in [5, 5.41) is 3.02. The van der Waals surface area contributed by atoms with Gasteiger partial charge in [-0.2, -0.15) is 0 Å². The minimum atomic E-state index is 0.0387. The summed E-state index contributed by atoms with van der Waals surface area (Å²) in [4.78, 5) is 13.7. The van der Waals surface area contributed by atoms with Crippen LogP contribution in [0.25, 0.3) is 5.57 Å². The Hall–Kier alpha value is -1.43. The first-order valence-corrected chi connectivity index (χ1v) is 9.95. The summed E-state index contributed by atoms with van der Waals surface area (Å²) < 4.78 is 1.79. The summed E-state index contributed by atoms with van der Waals surface area (Å²) in [6.45, 7) is 4.36. The van der Waals surface area contributed by atoms with Crippen LogP contribution in [0.15, 0.2) is 57.5 Å². The van der Waals surface area contributed by atoms with Crippen molar-refractivity contribution >= 4 is 49.0 Å². The van der Waals surface area contributed by atoms with Crippen LogP contribution in [0.3, 0.4) is 0 Å². The van der Waals surface area contributed by atoms with E-state index in [-0.39, 0.29) is 5.91 Å². The van der Waals surface area contributed by atoms with Crippen LogP contribution in [0.5, 0.6) is 0 Å².